The van der Waals surface area contributed by atoms with Crippen molar-refractivity contribution < 1.29 is 14.3 Å². The van der Waals surface area contributed by atoms with Crippen LogP contribution in [-0.4, -0.2) is 67.2 Å². The standard InChI is InChI=1S/C15H25N3O3/c1-3-12(2)16-15(20)18-6-4-13(5-7-18)14(19)17-8-10-21-11-9-17/h3,12-13H,1,4-11H2,2H3,(H,16,20). The van der Waals surface area contributed by atoms with Gasteiger partial charge < -0.3 is 19.9 Å². The fourth-order valence-corrected chi connectivity index (χ4v) is 2.72. The summed E-state index contributed by atoms with van der Waals surface area (Å²) in [7, 11) is 0. The van der Waals surface area contributed by atoms with Crippen LogP contribution >= 0.6 is 0 Å². The van der Waals surface area contributed by atoms with Crippen LogP contribution in [0.25, 0.3) is 0 Å². The lowest BCUT2D eigenvalue weighted by molar-refractivity contribution is -0.141. The zero-order valence-electron chi connectivity index (χ0n) is 12.7. The van der Waals surface area contributed by atoms with Gasteiger partial charge in [-0.2, -0.15) is 0 Å². The summed E-state index contributed by atoms with van der Waals surface area (Å²) in [4.78, 5) is 28.1. The molecule has 0 aromatic carbocycles. The number of carbonyl (C=O) groups is 2. The van der Waals surface area contributed by atoms with Gasteiger partial charge in [0.1, 0.15) is 0 Å². The molecule has 2 heterocycles. The SMILES string of the molecule is C=CC(C)NC(=O)N1CCC(C(=O)N2CCOCC2)CC1. The van der Waals surface area contributed by atoms with Gasteiger partial charge in [0.25, 0.3) is 0 Å². The molecule has 0 aromatic heterocycles. The Bertz CT molecular complexity index is 386. The number of likely N-dealkylation sites (tertiary alicyclic amines) is 1. The van der Waals surface area contributed by atoms with E-state index in [0.29, 0.717) is 39.4 Å². The Kier molecular flexibility index (Phi) is 5.61. The summed E-state index contributed by atoms with van der Waals surface area (Å²) in [5.74, 6) is 0.266. The summed E-state index contributed by atoms with van der Waals surface area (Å²) >= 11 is 0. The van der Waals surface area contributed by atoms with Crippen molar-refractivity contribution in [3.63, 3.8) is 0 Å². The maximum Gasteiger partial charge on any atom is 0.317 e. The van der Waals surface area contributed by atoms with Gasteiger partial charge >= 0.3 is 6.03 Å². The molecule has 0 spiro atoms. The average molecular weight is 295 g/mol. The molecule has 118 valence electrons. The summed E-state index contributed by atoms with van der Waals surface area (Å²) < 4.78 is 5.27. The minimum atomic E-state index is -0.0697. The number of ether oxygens (including phenoxy) is 1. The first kappa shape index (κ1) is 15.8. The van der Waals surface area contributed by atoms with Crippen molar-refractivity contribution in [3.05, 3.63) is 12.7 Å². The van der Waals surface area contributed by atoms with Crippen LogP contribution in [-0.2, 0) is 9.53 Å². The summed E-state index contributed by atoms with van der Waals surface area (Å²) in [6.45, 7) is 9.46. The maximum atomic E-state index is 12.4. The Morgan fingerprint density at radius 2 is 1.81 bits per heavy atom. The molecule has 0 bridgehead atoms. The van der Waals surface area contributed by atoms with E-state index >= 15 is 0 Å². The average Bonchev–Trinajstić information content (AvgIpc) is 2.55. The largest absolute Gasteiger partial charge is 0.378 e. The number of carbonyl (C=O) groups excluding carboxylic acids is 2. The Balaban J connectivity index is 1.78. The van der Waals surface area contributed by atoms with E-state index in [2.05, 4.69) is 11.9 Å². The number of nitrogens with one attached hydrogen (secondary N) is 1. The third-order valence-electron chi connectivity index (χ3n) is 4.16. The van der Waals surface area contributed by atoms with E-state index in [1.54, 1.807) is 11.0 Å². The van der Waals surface area contributed by atoms with Crippen molar-refractivity contribution in [2.45, 2.75) is 25.8 Å². The van der Waals surface area contributed by atoms with E-state index in [1.165, 1.54) is 0 Å². The molecule has 1 unspecified atom stereocenters. The first-order valence-electron chi connectivity index (χ1n) is 7.66. The Morgan fingerprint density at radius 1 is 1.19 bits per heavy atom. The van der Waals surface area contributed by atoms with E-state index < -0.39 is 0 Å². The first-order valence-corrected chi connectivity index (χ1v) is 7.66. The number of nitrogens with zero attached hydrogens (tertiary/aromatic N) is 2. The van der Waals surface area contributed by atoms with Crippen LogP contribution in [0.4, 0.5) is 4.79 Å². The molecule has 1 N–H and O–H groups in total. The number of hydrogen-bond donors (Lipinski definition) is 1. The Hall–Kier alpha value is -1.56. The van der Waals surface area contributed by atoms with Crippen molar-refractivity contribution in [3.8, 4) is 0 Å². The highest BCUT2D eigenvalue weighted by atomic mass is 16.5. The van der Waals surface area contributed by atoms with E-state index in [-0.39, 0.29) is 23.9 Å². The molecule has 2 rings (SSSR count). The Labute approximate surface area is 126 Å². The predicted molar refractivity (Wildman–Crippen MR) is 79.9 cm³/mol. The molecular formula is C15H25N3O3. The van der Waals surface area contributed by atoms with Crippen LogP contribution in [0.3, 0.4) is 0 Å². The smallest absolute Gasteiger partial charge is 0.317 e. The van der Waals surface area contributed by atoms with Gasteiger partial charge in [0, 0.05) is 38.1 Å². The number of piperidine rings is 1. The molecule has 2 saturated heterocycles. The molecular weight excluding hydrogens is 270 g/mol. The van der Waals surface area contributed by atoms with Gasteiger partial charge in [-0.1, -0.05) is 6.08 Å². The summed E-state index contributed by atoms with van der Waals surface area (Å²) in [6.07, 6.45) is 3.19. The molecule has 2 aliphatic heterocycles. The number of rotatable bonds is 3. The molecule has 21 heavy (non-hydrogen) atoms. The van der Waals surface area contributed by atoms with Crippen molar-refractivity contribution in [2.24, 2.45) is 5.92 Å². The minimum Gasteiger partial charge on any atom is -0.378 e. The topological polar surface area (TPSA) is 61.9 Å². The first-order chi connectivity index (χ1) is 10.1. The van der Waals surface area contributed by atoms with Crippen LogP contribution in [0.15, 0.2) is 12.7 Å². The van der Waals surface area contributed by atoms with Crippen LogP contribution in [0.1, 0.15) is 19.8 Å². The lowest BCUT2D eigenvalue weighted by Crippen LogP contribution is -2.50. The maximum absolute atomic E-state index is 12.4. The van der Waals surface area contributed by atoms with E-state index in [9.17, 15) is 9.59 Å². The van der Waals surface area contributed by atoms with E-state index in [4.69, 9.17) is 4.74 Å². The molecule has 6 heteroatoms. The van der Waals surface area contributed by atoms with E-state index in [1.807, 2.05) is 11.8 Å². The third kappa shape index (κ3) is 4.20. The number of hydrogen-bond acceptors (Lipinski definition) is 3. The normalized spacial score (nSPS) is 21.8. The van der Waals surface area contributed by atoms with Gasteiger partial charge in [0.05, 0.1) is 13.2 Å². The van der Waals surface area contributed by atoms with Crippen LogP contribution < -0.4 is 5.32 Å². The van der Waals surface area contributed by atoms with Gasteiger partial charge in [-0.05, 0) is 19.8 Å². The minimum absolute atomic E-state index is 0.0368. The molecule has 0 saturated carbocycles. The second-order valence-corrected chi connectivity index (χ2v) is 5.67. The van der Waals surface area contributed by atoms with Crippen molar-refractivity contribution in [1.82, 2.24) is 15.1 Å². The van der Waals surface area contributed by atoms with Crippen molar-refractivity contribution in [1.29, 1.82) is 0 Å². The molecule has 0 aliphatic carbocycles. The summed E-state index contributed by atoms with van der Waals surface area (Å²) in [5.41, 5.74) is 0. The monoisotopic (exact) mass is 295 g/mol. The highest BCUT2D eigenvalue weighted by Crippen LogP contribution is 2.20. The van der Waals surface area contributed by atoms with Gasteiger partial charge in [0.2, 0.25) is 5.91 Å². The van der Waals surface area contributed by atoms with Crippen molar-refractivity contribution in [2.75, 3.05) is 39.4 Å². The van der Waals surface area contributed by atoms with Gasteiger partial charge in [-0.3, -0.25) is 4.79 Å². The summed E-state index contributed by atoms with van der Waals surface area (Å²) in [5, 5.41) is 2.86. The molecule has 2 fully saturated rings. The van der Waals surface area contributed by atoms with E-state index in [0.717, 1.165) is 12.8 Å². The van der Waals surface area contributed by atoms with Gasteiger partial charge in [-0.25, -0.2) is 4.79 Å². The van der Waals surface area contributed by atoms with Crippen LogP contribution in [0, 0.1) is 5.92 Å². The van der Waals surface area contributed by atoms with Crippen LogP contribution in [0.2, 0.25) is 0 Å². The number of amides is 3. The molecule has 6 nitrogen and oxygen atoms in total. The highest BCUT2D eigenvalue weighted by molar-refractivity contribution is 5.80. The van der Waals surface area contributed by atoms with Gasteiger partial charge in [0.15, 0.2) is 0 Å². The summed E-state index contributed by atoms with van der Waals surface area (Å²) in [6, 6.07) is -0.107. The second-order valence-electron chi connectivity index (χ2n) is 5.67. The number of urea groups is 1. The molecule has 1 atom stereocenters. The zero-order valence-corrected chi connectivity index (χ0v) is 12.7. The lowest BCUT2D eigenvalue weighted by atomic mass is 9.95. The molecule has 0 radical (unpaired) electrons. The van der Waals surface area contributed by atoms with Gasteiger partial charge in [-0.15, -0.1) is 6.58 Å². The fraction of sp³-hybridized carbons (Fsp3) is 0.733. The lowest BCUT2D eigenvalue weighted by Gasteiger charge is -2.35. The fourth-order valence-electron chi connectivity index (χ4n) is 2.72. The number of morpholine rings is 1. The molecule has 3 amide bonds. The highest BCUT2D eigenvalue weighted by Gasteiger charge is 2.30. The quantitative estimate of drug-likeness (QED) is 0.785. The third-order valence-corrected chi connectivity index (χ3v) is 4.16. The predicted octanol–water partition coefficient (Wildman–Crippen LogP) is 0.841. The van der Waals surface area contributed by atoms with Crippen LogP contribution in [0.5, 0.6) is 0 Å². The zero-order chi connectivity index (χ0) is 15.2. The molecule has 2 aliphatic rings. The Morgan fingerprint density at radius 3 is 2.38 bits per heavy atom. The molecule has 0 aromatic rings. The second kappa shape index (κ2) is 7.45. The van der Waals surface area contributed by atoms with Crippen molar-refractivity contribution >= 4 is 11.9 Å².